The molecule has 0 saturated carbocycles. The molecule has 0 spiro atoms. The number of rotatable bonds is 6. The summed E-state index contributed by atoms with van der Waals surface area (Å²) in [5.74, 6) is -1.91. The molecule has 3 aromatic carbocycles. The van der Waals surface area contributed by atoms with Gasteiger partial charge in [0.2, 0.25) is 0 Å². The van der Waals surface area contributed by atoms with E-state index >= 15 is 0 Å². The topological polar surface area (TPSA) is 111 Å². The van der Waals surface area contributed by atoms with E-state index in [0.29, 0.717) is 16.6 Å². The van der Waals surface area contributed by atoms with Gasteiger partial charge in [-0.3, -0.25) is 14.9 Å². The highest BCUT2D eigenvalue weighted by atomic mass is 32.1. The molecule has 35 heavy (non-hydrogen) atoms. The van der Waals surface area contributed by atoms with Crippen LogP contribution in [0.2, 0.25) is 0 Å². The van der Waals surface area contributed by atoms with Gasteiger partial charge in [-0.25, -0.2) is 9.78 Å². The Kier molecular flexibility index (Phi) is 6.47. The molecule has 12 heteroatoms. The number of nitro groups is 1. The van der Waals surface area contributed by atoms with Gasteiger partial charge in [0.1, 0.15) is 5.01 Å². The minimum atomic E-state index is -4.96. The Morgan fingerprint density at radius 1 is 1.06 bits per heavy atom. The Morgan fingerprint density at radius 3 is 2.49 bits per heavy atom. The Morgan fingerprint density at radius 2 is 1.77 bits per heavy atom. The second-order valence-corrected chi connectivity index (χ2v) is 8.17. The number of para-hydroxylation sites is 1. The molecule has 4 rings (SSSR count). The standard InChI is InChI=1S/C23H14F3N3O5S/c24-23(25,26)16-11-13(29(32)33)9-10-17(16)27-20(30)12-34-22(31)15-6-2-1-5-14(15)21-28-18-7-3-4-8-19(18)35-21/h1-11H,12H2,(H,27,30). The van der Waals surface area contributed by atoms with Crippen LogP contribution in [0.3, 0.4) is 0 Å². The number of thiazole rings is 1. The number of nitro benzene ring substituents is 1. The molecule has 0 saturated heterocycles. The lowest BCUT2D eigenvalue weighted by Crippen LogP contribution is -2.23. The summed E-state index contributed by atoms with van der Waals surface area (Å²) in [6.07, 6.45) is -4.96. The Hall–Kier alpha value is -4.32. The van der Waals surface area contributed by atoms with Crippen molar-refractivity contribution in [2.45, 2.75) is 6.18 Å². The van der Waals surface area contributed by atoms with Crippen LogP contribution in [0.25, 0.3) is 20.8 Å². The van der Waals surface area contributed by atoms with Gasteiger partial charge in [-0.1, -0.05) is 30.3 Å². The van der Waals surface area contributed by atoms with Crippen molar-refractivity contribution in [1.82, 2.24) is 4.98 Å². The number of hydrogen-bond donors (Lipinski definition) is 1. The average Bonchev–Trinajstić information content (AvgIpc) is 3.26. The number of amides is 1. The normalized spacial score (nSPS) is 11.3. The van der Waals surface area contributed by atoms with E-state index < -0.39 is 46.5 Å². The van der Waals surface area contributed by atoms with E-state index in [0.717, 1.165) is 22.3 Å². The molecule has 178 valence electrons. The molecule has 0 aliphatic carbocycles. The number of hydrogen-bond acceptors (Lipinski definition) is 7. The van der Waals surface area contributed by atoms with Crippen LogP contribution in [0, 0.1) is 10.1 Å². The van der Waals surface area contributed by atoms with Crippen LogP contribution >= 0.6 is 11.3 Å². The van der Waals surface area contributed by atoms with Crippen molar-refractivity contribution in [2.24, 2.45) is 0 Å². The Balaban J connectivity index is 1.49. The fourth-order valence-electron chi connectivity index (χ4n) is 3.22. The predicted molar refractivity (Wildman–Crippen MR) is 122 cm³/mol. The molecule has 1 heterocycles. The van der Waals surface area contributed by atoms with Crippen molar-refractivity contribution in [3.05, 3.63) is 88.0 Å². The van der Waals surface area contributed by atoms with E-state index in [1.54, 1.807) is 18.2 Å². The lowest BCUT2D eigenvalue weighted by Gasteiger charge is -2.14. The number of ether oxygens (including phenoxy) is 1. The number of alkyl halides is 3. The molecule has 0 aliphatic heterocycles. The second kappa shape index (κ2) is 9.50. The van der Waals surface area contributed by atoms with Crippen molar-refractivity contribution in [3.63, 3.8) is 0 Å². The molecule has 0 aliphatic rings. The fourth-order valence-corrected chi connectivity index (χ4v) is 4.22. The second-order valence-electron chi connectivity index (χ2n) is 7.14. The zero-order valence-corrected chi connectivity index (χ0v) is 18.4. The Labute approximate surface area is 199 Å². The number of non-ortho nitro benzene ring substituents is 1. The third-order valence-corrected chi connectivity index (χ3v) is 5.87. The molecule has 0 atom stereocenters. The summed E-state index contributed by atoms with van der Waals surface area (Å²) in [5, 5.41) is 13.3. The molecule has 1 N–H and O–H groups in total. The highest BCUT2D eigenvalue weighted by molar-refractivity contribution is 7.21. The van der Waals surface area contributed by atoms with Crippen LogP contribution in [-0.2, 0) is 15.7 Å². The van der Waals surface area contributed by atoms with Crippen molar-refractivity contribution in [3.8, 4) is 10.6 Å². The smallest absolute Gasteiger partial charge is 0.418 e. The van der Waals surface area contributed by atoms with Crippen molar-refractivity contribution < 1.29 is 32.4 Å². The summed E-state index contributed by atoms with van der Waals surface area (Å²) in [7, 11) is 0. The number of aromatic nitrogens is 1. The van der Waals surface area contributed by atoms with E-state index in [-0.39, 0.29) is 5.56 Å². The maximum absolute atomic E-state index is 13.3. The molecule has 1 aromatic heterocycles. The molecule has 0 bridgehead atoms. The first kappa shape index (κ1) is 23.8. The maximum atomic E-state index is 13.3. The molecule has 0 unspecified atom stereocenters. The first-order valence-corrected chi connectivity index (χ1v) is 10.7. The van der Waals surface area contributed by atoms with E-state index in [1.807, 2.05) is 29.6 Å². The number of nitrogens with zero attached hydrogens (tertiary/aromatic N) is 2. The number of anilines is 1. The SMILES string of the molecule is O=C(COC(=O)c1ccccc1-c1nc2ccccc2s1)Nc1ccc([N+](=O)[O-])cc1C(F)(F)F. The van der Waals surface area contributed by atoms with Gasteiger partial charge in [0.15, 0.2) is 6.61 Å². The van der Waals surface area contributed by atoms with Crippen LogP contribution < -0.4 is 5.32 Å². The fraction of sp³-hybridized carbons (Fsp3) is 0.0870. The molecule has 0 fully saturated rings. The third-order valence-electron chi connectivity index (χ3n) is 4.80. The van der Waals surface area contributed by atoms with Gasteiger partial charge in [-0.05, 0) is 24.3 Å². The highest BCUT2D eigenvalue weighted by Gasteiger charge is 2.35. The maximum Gasteiger partial charge on any atom is 0.418 e. The molecule has 1 amide bonds. The van der Waals surface area contributed by atoms with Gasteiger partial charge in [0.25, 0.3) is 11.6 Å². The summed E-state index contributed by atoms with van der Waals surface area (Å²) < 4.78 is 45.8. The summed E-state index contributed by atoms with van der Waals surface area (Å²) in [4.78, 5) is 39.2. The minimum absolute atomic E-state index is 0.130. The van der Waals surface area contributed by atoms with Gasteiger partial charge < -0.3 is 10.1 Å². The van der Waals surface area contributed by atoms with Crippen LogP contribution in [0.15, 0.2) is 66.7 Å². The molecule has 8 nitrogen and oxygen atoms in total. The zero-order valence-electron chi connectivity index (χ0n) is 17.5. The number of carbonyl (C=O) groups is 2. The van der Waals surface area contributed by atoms with Crippen molar-refractivity contribution >= 4 is 44.8 Å². The first-order valence-electron chi connectivity index (χ1n) is 9.91. The number of esters is 1. The largest absolute Gasteiger partial charge is 0.452 e. The van der Waals surface area contributed by atoms with Gasteiger partial charge in [0, 0.05) is 17.7 Å². The summed E-state index contributed by atoms with van der Waals surface area (Å²) in [5.41, 5.74) is -1.52. The molecular weight excluding hydrogens is 487 g/mol. The number of benzene rings is 3. The van der Waals surface area contributed by atoms with E-state index in [1.165, 1.54) is 17.4 Å². The number of nitrogens with one attached hydrogen (secondary N) is 1. The highest BCUT2D eigenvalue weighted by Crippen LogP contribution is 2.37. The summed E-state index contributed by atoms with van der Waals surface area (Å²) in [6.45, 7) is -0.874. The van der Waals surface area contributed by atoms with Crippen molar-refractivity contribution in [1.29, 1.82) is 0 Å². The molecule has 4 aromatic rings. The van der Waals surface area contributed by atoms with Crippen LogP contribution in [0.4, 0.5) is 24.5 Å². The molecule has 0 radical (unpaired) electrons. The number of halogens is 3. The van der Waals surface area contributed by atoms with Crippen LogP contribution in [0.1, 0.15) is 15.9 Å². The number of carbonyl (C=O) groups excluding carboxylic acids is 2. The third kappa shape index (κ3) is 5.27. The van der Waals surface area contributed by atoms with Gasteiger partial charge in [0.05, 0.1) is 32.0 Å². The van der Waals surface area contributed by atoms with Crippen LogP contribution in [0.5, 0.6) is 0 Å². The lowest BCUT2D eigenvalue weighted by atomic mass is 10.1. The predicted octanol–water partition coefficient (Wildman–Crippen LogP) is 5.69. The quantitative estimate of drug-likeness (QED) is 0.207. The average molecular weight is 501 g/mol. The monoisotopic (exact) mass is 501 g/mol. The van der Waals surface area contributed by atoms with Gasteiger partial charge >= 0.3 is 12.1 Å². The summed E-state index contributed by atoms with van der Waals surface area (Å²) in [6, 6.07) is 15.8. The van der Waals surface area contributed by atoms with Gasteiger partial charge in [-0.15, -0.1) is 11.3 Å². The Bertz CT molecular complexity index is 1420. The zero-order chi connectivity index (χ0) is 25.2. The first-order chi connectivity index (χ1) is 16.6. The lowest BCUT2D eigenvalue weighted by molar-refractivity contribution is -0.385. The summed E-state index contributed by atoms with van der Waals surface area (Å²) >= 11 is 1.36. The van der Waals surface area contributed by atoms with E-state index in [2.05, 4.69) is 4.98 Å². The minimum Gasteiger partial charge on any atom is -0.452 e. The molecular formula is C23H14F3N3O5S. The van der Waals surface area contributed by atoms with E-state index in [9.17, 15) is 32.9 Å². The van der Waals surface area contributed by atoms with Crippen LogP contribution in [-0.4, -0.2) is 28.4 Å². The van der Waals surface area contributed by atoms with Crippen molar-refractivity contribution in [2.75, 3.05) is 11.9 Å². The van der Waals surface area contributed by atoms with Gasteiger partial charge in [-0.2, -0.15) is 13.2 Å². The number of fused-ring (bicyclic) bond motifs is 1. The van der Waals surface area contributed by atoms with E-state index in [4.69, 9.17) is 4.74 Å².